The van der Waals surface area contributed by atoms with Crippen molar-refractivity contribution in [3.63, 3.8) is 0 Å². The number of nitrogens with one attached hydrogen (secondary N) is 1. The molecule has 1 aliphatic carbocycles. The zero-order valence-electron chi connectivity index (χ0n) is 14.1. The summed E-state index contributed by atoms with van der Waals surface area (Å²) in [6, 6.07) is 10.3. The molecule has 0 saturated heterocycles. The van der Waals surface area contributed by atoms with Crippen LogP contribution < -0.4 is 5.32 Å². The van der Waals surface area contributed by atoms with E-state index < -0.39 is 4.92 Å². The van der Waals surface area contributed by atoms with Crippen LogP contribution in [-0.2, 0) is 16.8 Å². The van der Waals surface area contributed by atoms with Crippen LogP contribution in [-0.4, -0.2) is 27.2 Å². The van der Waals surface area contributed by atoms with Crippen molar-refractivity contribution >= 4 is 11.6 Å². The molecule has 1 aliphatic rings. The van der Waals surface area contributed by atoms with Gasteiger partial charge < -0.3 is 5.32 Å². The van der Waals surface area contributed by atoms with Crippen LogP contribution in [0.5, 0.6) is 0 Å². The zero-order valence-corrected chi connectivity index (χ0v) is 14.1. The molecule has 7 nitrogen and oxygen atoms in total. The summed E-state index contributed by atoms with van der Waals surface area (Å²) in [6.07, 6.45) is 8.10. The van der Waals surface area contributed by atoms with E-state index in [1.54, 1.807) is 0 Å². The summed E-state index contributed by atoms with van der Waals surface area (Å²) in [4.78, 5) is 22.4. The van der Waals surface area contributed by atoms with Crippen LogP contribution in [0, 0.1) is 10.1 Å². The lowest BCUT2D eigenvalue weighted by molar-refractivity contribution is -0.385. The second-order valence-corrected chi connectivity index (χ2v) is 6.64. The minimum Gasteiger partial charge on any atom is -0.354 e. The maximum absolute atomic E-state index is 12.3. The molecule has 1 saturated carbocycles. The highest BCUT2D eigenvalue weighted by molar-refractivity contribution is 5.75. The molecular formula is C18H22N4O3. The minimum atomic E-state index is -0.520. The van der Waals surface area contributed by atoms with Crippen LogP contribution in [0.4, 0.5) is 5.69 Å². The van der Waals surface area contributed by atoms with Crippen molar-refractivity contribution in [3.05, 3.63) is 58.4 Å². The van der Waals surface area contributed by atoms with Crippen LogP contribution in [0.1, 0.15) is 37.7 Å². The van der Waals surface area contributed by atoms with E-state index in [1.807, 2.05) is 18.2 Å². The first-order chi connectivity index (χ1) is 12.1. The number of carbonyl (C=O) groups is 1. The van der Waals surface area contributed by atoms with E-state index in [0.717, 1.165) is 31.9 Å². The Kier molecular flexibility index (Phi) is 5.11. The van der Waals surface area contributed by atoms with Gasteiger partial charge in [0.2, 0.25) is 5.91 Å². The van der Waals surface area contributed by atoms with Crippen LogP contribution in [0.3, 0.4) is 0 Å². The van der Waals surface area contributed by atoms with Crippen molar-refractivity contribution < 1.29 is 9.72 Å². The van der Waals surface area contributed by atoms with Gasteiger partial charge in [0, 0.05) is 12.0 Å². The second kappa shape index (κ2) is 7.46. The van der Waals surface area contributed by atoms with E-state index in [4.69, 9.17) is 0 Å². The van der Waals surface area contributed by atoms with E-state index in [1.165, 1.54) is 22.9 Å². The molecule has 0 spiro atoms. The average Bonchev–Trinajstić information content (AvgIpc) is 3.10. The normalized spacial score (nSPS) is 16.3. The molecule has 1 fully saturated rings. The number of carbonyl (C=O) groups excluding carboxylic acids is 1. The lowest BCUT2D eigenvalue weighted by atomic mass is 9.69. The third kappa shape index (κ3) is 4.04. The number of hydrogen-bond donors (Lipinski definition) is 1. The minimum absolute atomic E-state index is 0.0152. The van der Waals surface area contributed by atoms with Crippen LogP contribution in [0.15, 0.2) is 42.7 Å². The molecule has 1 heterocycles. The van der Waals surface area contributed by atoms with Crippen molar-refractivity contribution in [2.24, 2.45) is 0 Å². The summed E-state index contributed by atoms with van der Waals surface area (Å²) in [7, 11) is 0. The molecule has 1 N–H and O–H groups in total. The third-order valence-electron chi connectivity index (χ3n) is 4.96. The van der Waals surface area contributed by atoms with Gasteiger partial charge in [0.1, 0.15) is 18.9 Å². The molecule has 25 heavy (non-hydrogen) atoms. The standard InChI is InChI=1S/C18H22N4O3/c23-17(13-21-12-16(11-20-21)22(24)25)19-14-18(9-5-2-6-10-18)15-7-3-1-4-8-15/h1,3-4,7-8,11-12H,2,5-6,9-10,13-14H2,(H,19,23). The lowest BCUT2D eigenvalue weighted by Gasteiger charge is -2.38. The molecule has 3 rings (SSSR count). The van der Waals surface area contributed by atoms with Gasteiger partial charge in [-0.25, -0.2) is 0 Å². The second-order valence-electron chi connectivity index (χ2n) is 6.64. The van der Waals surface area contributed by atoms with E-state index >= 15 is 0 Å². The highest BCUT2D eigenvalue weighted by atomic mass is 16.6. The Bertz CT molecular complexity index is 736. The number of aromatic nitrogens is 2. The van der Waals surface area contributed by atoms with E-state index in [2.05, 4.69) is 22.5 Å². The number of hydrogen-bond acceptors (Lipinski definition) is 4. The Balaban J connectivity index is 1.64. The summed E-state index contributed by atoms with van der Waals surface area (Å²) in [5.74, 6) is -0.182. The lowest BCUT2D eigenvalue weighted by Crippen LogP contribution is -2.43. The molecule has 0 radical (unpaired) electrons. The van der Waals surface area contributed by atoms with Crippen molar-refractivity contribution in [2.75, 3.05) is 6.54 Å². The molecule has 1 aromatic heterocycles. The first kappa shape index (κ1) is 17.1. The van der Waals surface area contributed by atoms with E-state index in [-0.39, 0.29) is 23.6 Å². The molecule has 7 heteroatoms. The Hall–Kier alpha value is -2.70. The predicted molar refractivity (Wildman–Crippen MR) is 93.1 cm³/mol. The fourth-order valence-electron chi connectivity index (χ4n) is 3.59. The van der Waals surface area contributed by atoms with Gasteiger partial charge in [-0.1, -0.05) is 49.6 Å². The van der Waals surface area contributed by atoms with E-state index in [0.29, 0.717) is 6.54 Å². The SMILES string of the molecule is O=C(Cn1cc([N+](=O)[O-])cn1)NCC1(c2ccccc2)CCCCC1. The first-order valence-electron chi connectivity index (χ1n) is 8.58. The van der Waals surface area contributed by atoms with Gasteiger partial charge in [0.05, 0.1) is 4.92 Å². The predicted octanol–water partition coefficient (Wildman–Crippen LogP) is 2.81. The Morgan fingerprint density at radius 2 is 1.96 bits per heavy atom. The van der Waals surface area contributed by atoms with Crippen molar-refractivity contribution in [1.82, 2.24) is 15.1 Å². The van der Waals surface area contributed by atoms with Gasteiger partial charge in [0.15, 0.2) is 0 Å². The van der Waals surface area contributed by atoms with Crippen LogP contribution in [0.2, 0.25) is 0 Å². The fraction of sp³-hybridized carbons (Fsp3) is 0.444. The summed E-state index contributed by atoms with van der Waals surface area (Å²) >= 11 is 0. The molecule has 132 valence electrons. The summed E-state index contributed by atoms with van der Waals surface area (Å²) in [5, 5.41) is 17.6. The van der Waals surface area contributed by atoms with Gasteiger partial charge in [-0.05, 0) is 18.4 Å². The Labute approximate surface area is 146 Å². The highest BCUT2D eigenvalue weighted by Gasteiger charge is 2.34. The fourth-order valence-corrected chi connectivity index (χ4v) is 3.59. The topological polar surface area (TPSA) is 90.1 Å². The molecule has 0 unspecified atom stereocenters. The van der Waals surface area contributed by atoms with Crippen LogP contribution in [0.25, 0.3) is 0 Å². The van der Waals surface area contributed by atoms with Gasteiger partial charge in [-0.2, -0.15) is 5.10 Å². The quantitative estimate of drug-likeness (QED) is 0.645. The van der Waals surface area contributed by atoms with Gasteiger partial charge >= 0.3 is 5.69 Å². The number of amides is 1. The van der Waals surface area contributed by atoms with Crippen molar-refractivity contribution in [2.45, 2.75) is 44.1 Å². The smallest absolute Gasteiger partial charge is 0.307 e. The molecule has 1 aromatic carbocycles. The van der Waals surface area contributed by atoms with Gasteiger partial charge in [-0.3, -0.25) is 19.6 Å². The third-order valence-corrected chi connectivity index (χ3v) is 4.96. The maximum atomic E-state index is 12.3. The summed E-state index contributed by atoms with van der Waals surface area (Å²) in [5.41, 5.74) is 1.14. The van der Waals surface area contributed by atoms with Crippen molar-refractivity contribution in [3.8, 4) is 0 Å². The number of nitro groups is 1. The van der Waals surface area contributed by atoms with Crippen molar-refractivity contribution in [1.29, 1.82) is 0 Å². The first-order valence-corrected chi connectivity index (χ1v) is 8.58. The maximum Gasteiger partial charge on any atom is 0.307 e. The molecule has 2 aromatic rings. The zero-order chi connectivity index (χ0) is 17.7. The van der Waals surface area contributed by atoms with E-state index in [9.17, 15) is 14.9 Å². The molecule has 1 amide bonds. The average molecular weight is 342 g/mol. The molecule has 0 aliphatic heterocycles. The molecular weight excluding hydrogens is 320 g/mol. The molecule has 0 bridgehead atoms. The monoisotopic (exact) mass is 342 g/mol. The highest BCUT2D eigenvalue weighted by Crippen LogP contribution is 2.38. The molecule has 0 atom stereocenters. The summed E-state index contributed by atoms with van der Waals surface area (Å²) < 4.78 is 1.30. The number of benzene rings is 1. The van der Waals surface area contributed by atoms with Gasteiger partial charge in [-0.15, -0.1) is 0 Å². The number of rotatable bonds is 6. The van der Waals surface area contributed by atoms with Crippen LogP contribution >= 0.6 is 0 Å². The summed E-state index contributed by atoms with van der Waals surface area (Å²) in [6.45, 7) is 0.567. The Morgan fingerprint density at radius 3 is 2.60 bits per heavy atom. The van der Waals surface area contributed by atoms with Gasteiger partial charge in [0.25, 0.3) is 0 Å². The Morgan fingerprint density at radius 1 is 1.24 bits per heavy atom. The largest absolute Gasteiger partial charge is 0.354 e. The number of nitrogens with zero attached hydrogens (tertiary/aromatic N) is 3.